The summed E-state index contributed by atoms with van der Waals surface area (Å²) >= 11 is 0. The molecule has 25 heavy (non-hydrogen) atoms. The number of amides is 1. The average Bonchev–Trinajstić information content (AvgIpc) is 2.58. The van der Waals surface area contributed by atoms with Gasteiger partial charge in [-0.2, -0.15) is 0 Å². The van der Waals surface area contributed by atoms with Crippen LogP contribution in [0.5, 0.6) is 11.5 Å². The fourth-order valence-corrected chi connectivity index (χ4v) is 2.26. The largest absolute Gasteiger partial charge is 0.490 e. The number of carbonyl (C=O) groups excluding carboxylic acids is 1. The van der Waals surface area contributed by atoms with Crippen molar-refractivity contribution in [2.45, 2.75) is 20.8 Å². The predicted molar refractivity (Wildman–Crippen MR) is 97.0 cm³/mol. The zero-order valence-electron chi connectivity index (χ0n) is 14.6. The lowest BCUT2D eigenvalue weighted by atomic mass is 10.1. The standard InChI is InChI=1S/C19H22N2O4/c1-4-24-18-10-15(11-20-23)7-8-17(18)25-12-19(22)21-16-9-13(2)5-6-14(16)3/h5-11,23H,4,12H2,1-3H3,(H,21,22)/b20-11+. The minimum Gasteiger partial charge on any atom is -0.490 e. The predicted octanol–water partition coefficient (Wildman–Crippen LogP) is 3.53. The third kappa shape index (κ3) is 5.24. The molecule has 1 amide bonds. The van der Waals surface area contributed by atoms with Crippen LogP contribution in [0.25, 0.3) is 0 Å². The summed E-state index contributed by atoms with van der Waals surface area (Å²) in [5.41, 5.74) is 3.49. The molecule has 0 aliphatic carbocycles. The average molecular weight is 342 g/mol. The van der Waals surface area contributed by atoms with E-state index >= 15 is 0 Å². The Morgan fingerprint density at radius 3 is 2.68 bits per heavy atom. The van der Waals surface area contributed by atoms with Crippen LogP contribution in [-0.4, -0.2) is 30.5 Å². The molecule has 2 aromatic rings. The smallest absolute Gasteiger partial charge is 0.262 e. The van der Waals surface area contributed by atoms with Gasteiger partial charge < -0.3 is 20.0 Å². The first kappa shape index (κ1) is 18.3. The Balaban J connectivity index is 2.04. The van der Waals surface area contributed by atoms with E-state index in [4.69, 9.17) is 14.7 Å². The second-order valence-electron chi connectivity index (χ2n) is 5.54. The summed E-state index contributed by atoms with van der Waals surface area (Å²) in [5, 5.41) is 14.4. The topological polar surface area (TPSA) is 80.2 Å². The van der Waals surface area contributed by atoms with E-state index in [1.807, 2.05) is 39.0 Å². The molecule has 0 unspecified atom stereocenters. The first-order chi connectivity index (χ1) is 12.0. The number of nitrogens with zero attached hydrogens (tertiary/aromatic N) is 1. The van der Waals surface area contributed by atoms with Gasteiger partial charge in [-0.05, 0) is 56.2 Å². The van der Waals surface area contributed by atoms with E-state index in [0.717, 1.165) is 16.8 Å². The van der Waals surface area contributed by atoms with E-state index in [1.54, 1.807) is 18.2 Å². The summed E-state index contributed by atoms with van der Waals surface area (Å²) in [5.74, 6) is 0.685. The van der Waals surface area contributed by atoms with E-state index in [9.17, 15) is 4.79 Å². The van der Waals surface area contributed by atoms with Crippen molar-refractivity contribution in [3.63, 3.8) is 0 Å². The summed E-state index contributed by atoms with van der Waals surface area (Å²) in [6.07, 6.45) is 1.29. The maximum absolute atomic E-state index is 12.2. The van der Waals surface area contributed by atoms with Crippen LogP contribution < -0.4 is 14.8 Å². The van der Waals surface area contributed by atoms with Gasteiger partial charge in [0, 0.05) is 11.3 Å². The van der Waals surface area contributed by atoms with Gasteiger partial charge in [0.2, 0.25) is 0 Å². The van der Waals surface area contributed by atoms with Crippen LogP contribution >= 0.6 is 0 Å². The van der Waals surface area contributed by atoms with Gasteiger partial charge in [0.15, 0.2) is 18.1 Å². The van der Waals surface area contributed by atoms with E-state index < -0.39 is 0 Å². The number of oxime groups is 1. The summed E-state index contributed by atoms with van der Waals surface area (Å²) in [4.78, 5) is 12.2. The number of anilines is 1. The van der Waals surface area contributed by atoms with Crippen molar-refractivity contribution >= 4 is 17.8 Å². The molecular weight excluding hydrogens is 320 g/mol. The Hall–Kier alpha value is -3.02. The first-order valence-electron chi connectivity index (χ1n) is 7.97. The molecule has 0 heterocycles. The zero-order valence-corrected chi connectivity index (χ0v) is 14.6. The lowest BCUT2D eigenvalue weighted by Crippen LogP contribution is -2.21. The molecular formula is C19H22N2O4. The Morgan fingerprint density at radius 2 is 1.96 bits per heavy atom. The van der Waals surface area contributed by atoms with Crippen LogP contribution in [0.2, 0.25) is 0 Å². The molecule has 2 aromatic carbocycles. The van der Waals surface area contributed by atoms with Gasteiger partial charge in [0.05, 0.1) is 12.8 Å². The molecule has 6 heteroatoms. The lowest BCUT2D eigenvalue weighted by Gasteiger charge is -2.13. The maximum atomic E-state index is 12.2. The molecule has 0 aliphatic heterocycles. The van der Waals surface area contributed by atoms with Crippen LogP contribution in [0.15, 0.2) is 41.6 Å². The number of carbonyl (C=O) groups is 1. The summed E-state index contributed by atoms with van der Waals surface area (Å²) < 4.78 is 11.1. The van der Waals surface area contributed by atoms with Gasteiger partial charge in [0.25, 0.3) is 5.91 Å². The highest BCUT2D eigenvalue weighted by Crippen LogP contribution is 2.28. The fourth-order valence-electron chi connectivity index (χ4n) is 2.26. The molecule has 0 saturated heterocycles. The number of nitrogens with one attached hydrogen (secondary N) is 1. The van der Waals surface area contributed by atoms with Gasteiger partial charge in [-0.15, -0.1) is 0 Å². The molecule has 0 saturated carbocycles. The Kier molecular flexibility index (Phi) is 6.39. The Bertz CT molecular complexity index is 772. The van der Waals surface area contributed by atoms with Crippen molar-refractivity contribution in [1.82, 2.24) is 0 Å². The maximum Gasteiger partial charge on any atom is 0.262 e. The van der Waals surface area contributed by atoms with Gasteiger partial charge in [0.1, 0.15) is 0 Å². The second kappa shape index (κ2) is 8.73. The molecule has 0 radical (unpaired) electrons. The van der Waals surface area contributed by atoms with E-state index in [-0.39, 0.29) is 12.5 Å². The number of hydrogen-bond acceptors (Lipinski definition) is 5. The van der Waals surface area contributed by atoms with E-state index in [0.29, 0.717) is 23.7 Å². The number of hydrogen-bond donors (Lipinski definition) is 2. The highest BCUT2D eigenvalue weighted by molar-refractivity contribution is 5.92. The van der Waals surface area contributed by atoms with Crippen LogP contribution in [0.3, 0.4) is 0 Å². The highest BCUT2D eigenvalue weighted by Gasteiger charge is 2.10. The van der Waals surface area contributed by atoms with Crippen molar-refractivity contribution in [3.05, 3.63) is 53.1 Å². The minimum absolute atomic E-state index is 0.138. The van der Waals surface area contributed by atoms with Crippen LogP contribution in [-0.2, 0) is 4.79 Å². The summed E-state index contributed by atoms with van der Waals surface area (Å²) in [6, 6.07) is 10.9. The van der Waals surface area contributed by atoms with Crippen molar-refractivity contribution < 1.29 is 19.5 Å². The summed E-state index contributed by atoms with van der Waals surface area (Å²) in [7, 11) is 0. The molecule has 0 aliphatic rings. The monoisotopic (exact) mass is 342 g/mol. The van der Waals surface area contributed by atoms with Gasteiger partial charge >= 0.3 is 0 Å². The normalized spacial score (nSPS) is 10.7. The highest BCUT2D eigenvalue weighted by atomic mass is 16.5. The molecule has 132 valence electrons. The third-order valence-electron chi connectivity index (χ3n) is 3.50. The molecule has 2 N–H and O–H groups in total. The molecule has 6 nitrogen and oxygen atoms in total. The lowest BCUT2D eigenvalue weighted by molar-refractivity contribution is -0.118. The Morgan fingerprint density at radius 1 is 1.16 bits per heavy atom. The van der Waals surface area contributed by atoms with Crippen molar-refractivity contribution in [3.8, 4) is 11.5 Å². The van der Waals surface area contributed by atoms with E-state index in [2.05, 4.69) is 10.5 Å². The number of aryl methyl sites for hydroxylation is 2. The third-order valence-corrected chi connectivity index (χ3v) is 3.50. The molecule has 0 aromatic heterocycles. The van der Waals surface area contributed by atoms with Gasteiger partial charge in [-0.1, -0.05) is 17.3 Å². The van der Waals surface area contributed by atoms with Crippen molar-refractivity contribution in [2.75, 3.05) is 18.5 Å². The van der Waals surface area contributed by atoms with Crippen molar-refractivity contribution in [2.24, 2.45) is 5.16 Å². The van der Waals surface area contributed by atoms with Gasteiger partial charge in [-0.3, -0.25) is 4.79 Å². The van der Waals surface area contributed by atoms with Crippen LogP contribution in [0, 0.1) is 13.8 Å². The molecule has 0 atom stereocenters. The number of ether oxygens (including phenoxy) is 2. The first-order valence-corrected chi connectivity index (χ1v) is 7.97. The van der Waals surface area contributed by atoms with Crippen LogP contribution in [0.1, 0.15) is 23.6 Å². The Labute approximate surface area is 147 Å². The second-order valence-corrected chi connectivity index (χ2v) is 5.54. The SMILES string of the molecule is CCOc1cc(/C=N/O)ccc1OCC(=O)Nc1cc(C)ccc1C. The van der Waals surface area contributed by atoms with E-state index in [1.165, 1.54) is 6.21 Å². The summed E-state index contributed by atoms with van der Waals surface area (Å²) in [6.45, 7) is 6.07. The quantitative estimate of drug-likeness (QED) is 0.458. The van der Waals surface area contributed by atoms with Crippen LogP contribution in [0.4, 0.5) is 5.69 Å². The molecule has 0 fully saturated rings. The zero-order chi connectivity index (χ0) is 18.2. The minimum atomic E-state index is -0.253. The molecule has 0 spiro atoms. The molecule has 2 rings (SSSR count). The van der Waals surface area contributed by atoms with Gasteiger partial charge in [-0.25, -0.2) is 0 Å². The fraction of sp³-hybridized carbons (Fsp3) is 0.263. The number of rotatable bonds is 7. The molecule has 0 bridgehead atoms. The van der Waals surface area contributed by atoms with Crippen molar-refractivity contribution in [1.29, 1.82) is 0 Å². The number of benzene rings is 2.